The largest absolute Gasteiger partial charge is 0.322 e. The molecule has 0 saturated heterocycles. The van der Waals surface area contributed by atoms with E-state index in [0.717, 1.165) is 18.2 Å². The highest BCUT2D eigenvalue weighted by molar-refractivity contribution is 7.89. The molecule has 3 rings (SSSR count). The Labute approximate surface area is 190 Å². The molecular formula is C23H22FN3O5S. The fraction of sp³-hybridized carbons (Fsp3) is 0.174. The fourth-order valence-electron chi connectivity index (χ4n) is 3.13. The summed E-state index contributed by atoms with van der Waals surface area (Å²) in [6.07, 6.45) is 0. The van der Waals surface area contributed by atoms with Crippen molar-refractivity contribution in [2.24, 2.45) is 0 Å². The first-order valence-electron chi connectivity index (χ1n) is 9.86. The molecule has 0 spiro atoms. The third-order valence-electron chi connectivity index (χ3n) is 4.48. The van der Waals surface area contributed by atoms with Gasteiger partial charge in [-0.3, -0.25) is 14.9 Å². The molecule has 1 amide bonds. The fourth-order valence-corrected chi connectivity index (χ4v) is 4.78. The van der Waals surface area contributed by atoms with Gasteiger partial charge in [0.2, 0.25) is 10.0 Å². The molecule has 0 bridgehead atoms. The van der Waals surface area contributed by atoms with Crippen molar-refractivity contribution < 1.29 is 22.5 Å². The number of halogens is 1. The number of amides is 1. The van der Waals surface area contributed by atoms with E-state index in [2.05, 4.69) is 10.0 Å². The number of rotatable bonds is 6. The minimum atomic E-state index is -3.79. The van der Waals surface area contributed by atoms with Gasteiger partial charge in [-0.2, -0.15) is 0 Å². The van der Waals surface area contributed by atoms with E-state index in [9.17, 15) is 27.7 Å². The maximum Gasteiger partial charge on any atom is 0.270 e. The molecule has 0 saturated carbocycles. The second-order valence-corrected chi connectivity index (χ2v) is 9.96. The highest BCUT2D eigenvalue weighted by Gasteiger charge is 2.25. The molecule has 0 radical (unpaired) electrons. The summed E-state index contributed by atoms with van der Waals surface area (Å²) in [5, 5.41) is 13.4. The number of carbonyl (C=O) groups excluding carboxylic acids is 1. The minimum Gasteiger partial charge on any atom is -0.322 e. The number of nitrogens with zero attached hydrogens (tertiary/aromatic N) is 1. The molecule has 0 aliphatic heterocycles. The molecule has 0 aliphatic rings. The van der Waals surface area contributed by atoms with Crippen molar-refractivity contribution in [2.75, 3.05) is 5.32 Å². The molecule has 172 valence electrons. The number of anilines is 1. The van der Waals surface area contributed by atoms with Crippen molar-refractivity contribution in [3.8, 4) is 11.1 Å². The van der Waals surface area contributed by atoms with E-state index in [1.165, 1.54) is 18.2 Å². The smallest absolute Gasteiger partial charge is 0.270 e. The number of nitro benzene ring substituents is 1. The molecule has 0 aromatic heterocycles. The lowest BCUT2D eigenvalue weighted by atomic mass is 10.1. The standard InChI is InChI=1S/C23H22FN3O5S/c1-23(2,3)26-33(31,32)21-7-5-4-6-18(21)15-8-10-16(11-9-15)25-22(28)19-14-17(27(29)30)12-13-20(19)24/h4-14,26H,1-3H3,(H,25,28). The van der Waals surface area contributed by atoms with Crippen molar-refractivity contribution in [3.05, 3.63) is 88.2 Å². The van der Waals surface area contributed by atoms with Crippen LogP contribution in [0.15, 0.2) is 71.6 Å². The van der Waals surface area contributed by atoms with E-state index >= 15 is 0 Å². The van der Waals surface area contributed by atoms with Gasteiger partial charge in [-0.15, -0.1) is 0 Å². The van der Waals surface area contributed by atoms with Gasteiger partial charge < -0.3 is 5.32 Å². The first-order valence-corrected chi connectivity index (χ1v) is 11.3. The Morgan fingerprint density at radius 2 is 1.64 bits per heavy atom. The van der Waals surface area contributed by atoms with E-state index in [4.69, 9.17) is 0 Å². The van der Waals surface area contributed by atoms with Crippen LogP contribution in [0.5, 0.6) is 0 Å². The SMILES string of the molecule is CC(C)(C)NS(=O)(=O)c1ccccc1-c1ccc(NC(=O)c2cc([N+](=O)[O-])ccc2F)cc1. The first-order chi connectivity index (χ1) is 15.4. The average Bonchev–Trinajstić information content (AvgIpc) is 2.72. The van der Waals surface area contributed by atoms with E-state index < -0.39 is 43.5 Å². The summed E-state index contributed by atoms with van der Waals surface area (Å²) < 4.78 is 42.4. The maximum atomic E-state index is 14.0. The first kappa shape index (κ1) is 24.0. The van der Waals surface area contributed by atoms with Crippen LogP contribution in [-0.2, 0) is 10.0 Å². The Morgan fingerprint density at radius 3 is 2.24 bits per heavy atom. The summed E-state index contributed by atoms with van der Waals surface area (Å²) in [6, 6.07) is 15.5. The van der Waals surface area contributed by atoms with Crippen molar-refractivity contribution in [1.82, 2.24) is 4.72 Å². The Kier molecular flexibility index (Phi) is 6.61. The van der Waals surface area contributed by atoms with Gasteiger partial charge in [-0.1, -0.05) is 30.3 Å². The second-order valence-electron chi connectivity index (χ2n) is 8.30. The Balaban J connectivity index is 1.87. The number of hydrogen-bond donors (Lipinski definition) is 2. The van der Waals surface area contributed by atoms with E-state index in [1.54, 1.807) is 51.1 Å². The molecule has 33 heavy (non-hydrogen) atoms. The van der Waals surface area contributed by atoms with Crippen molar-refractivity contribution in [2.45, 2.75) is 31.2 Å². The lowest BCUT2D eigenvalue weighted by molar-refractivity contribution is -0.384. The molecule has 0 heterocycles. The summed E-state index contributed by atoms with van der Waals surface area (Å²) >= 11 is 0. The second kappa shape index (κ2) is 9.08. The number of nitro groups is 1. The van der Waals surface area contributed by atoms with Crippen LogP contribution in [0.2, 0.25) is 0 Å². The quantitative estimate of drug-likeness (QED) is 0.398. The summed E-state index contributed by atoms with van der Waals surface area (Å²) in [5.74, 6) is -1.73. The van der Waals surface area contributed by atoms with E-state index in [1.807, 2.05) is 0 Å². The van der Waals surface area contributed by atoms with Gasteiger partial charge in [-0.05, 0) is 50.6 Å². The summed E-state index contributed by atoms with van der Waals surface area (Å²) in [6.45, 7) is 5.23. The number of non-ortho nitro benzene ring substituents is 1. The van der Waals surface area contributed by atoms with Gasteiger partial charge in [0, 0.05) is 28.9 Å². The third-order valence-corrected chi connectivity index (χ3v) is 6.29. The number of sulfonamides is 1. The predicted octanol–water partition coefficient (Wildman–Crippen LogP) is 4.73. The van der Waals surface area contributed by atoms with Gasteiger partial charge >= 0.3 is 0 Å². The van der Waals surface area contributed by atoms with Crippen molar-refractivity contribution in [1.29, 1.82) is 0 Å². The summed E-state index contributed by atoms with van der Waals surface area (Å²) in [5.41, 5.74) is -0.164. The Bertz CT molecular complexity index is 1320. The molecular weight excluding hydrogens is 449 g/mol. The molecule has 2 N–H and O–H groups in total. The van der Waals surface area contributed by atoms with Crippen LogP contribution < -0.4 is 10.0 Å². The van der Waals surface area contributed by atoms with Crippen molar-refractivity contribution >= 4 is 27.3 Å². The maximum absolute atomic E-state index is 14.0. The molecule has 0 fully saturated rings. The lowest BCUT2D eigenvalue weighted by Gasteiger charge is -2.21. The number of nitrogens with one attached hydrogen (secondary N) is 2. The summed E-state index contributed by atoms with van der Waals surface area (Å²) in [4.78, 5) is 22.7. The van der Waals surface area contributed by atoms with Crippen LogP contribution >= 0.6 is 0 Å². The molecule has 8 nitrogen and oxygen atoms in total. The number of benzene rings is 3. The van der Waals surface area contributed by atoms with Crippen LogP contribution in [0, 0.1) is 15.9 Å². The topological polar surface area (TPSA) is 118 Å². The van der Waals surface area contributed by atoms with E-state index in [-0.39, 0.29) is 4.90 Å². The van der Waals surface area contributed by atoms with Gasteiger partial charge in [0.05, 0.1) is 15.4 Å². The molecule has 0 aliphatic carbocycles. The highest BCUT2D eigenvalue weighted by atomic mass is 32.2. The highest BCUT2D eigenvalue weighted by Crippen LogP contribution is 2.29. The average molecular weight is 472 g/mol. The van der Waals surface area contributed by atoms with Gasteiger partial charge in [0.15, 0.2) is 0 Å². The lowest BCUT2D eigenvalue weighted by Crippen LogP contribution is -2.40. The normalized spacial score (nSPS) is 11.8. The van der Waals surface area contributed by atoms with Crippen LogP contribution in [0.3, 0.4) is 0 Å². The molecule has 0 atom stereocenters. The molecule has 10 heteroatoms. The number of carbonyl (C=O) groups is 1. The minimum absolute atomic E-state index is 0.107. The van der Waals surface area contributed by atoms with Crippen LogP contribution in [0.1, 0.15) is 31.1 Å². The Hall–Kier alpha value is -3.63. The monoisotopic (exact) mass is 471 g/mol. The molecule has 3 aromatic rings. The Morgan fingerprint density at radius 1 is 1.00 bits per heavy atom. The predicted molar refractivity (Wildman–Crippen MR) is 123 cm³/mol. The van der Waals surface area contributed by atoms with Gasteiger partial charge in [0.25, 0.3) is 11.6 Å². The zero-order valence-electron chi connectivity index (χ0n) is 18.1. The van der Waals surface area contributed by atoms with Gasteiger partial charge in [-0.25, -0.2) is 17.5 Å². The van der Waals surface area contributed by atoms with Gasteiger partial charge in [0.1, 0.15) is 5.82 Å². The zero-order chi connectivity index (χ0) is 24.4. The zero-order valence-corrected chi connectivity index (χ0v) is 18.9. The summed E-state index contributed by atoms with van der Waals surface area (Å²) in [7, 11) is -3.79. The third kappa shape index (κ3) is 5.79. The molecule has 0 unspecified atom stereocenters. The molecule has 3 aromatic carbocycles. The van der Waals surface area contributed by atoms with Crippen LogP contribution in [0.4, 0.5) is 15.8 Å². The van der Waals surface area contributed by atoms with Crippen LogP contribution in [0.25, 0.3) is 11.1 Å². The van der Waals surface area contributed by atoms with Crippen molar-refractivity contribution in [3.63, 3.8) is 0 Å². The van der Waals surface area contributed by atoms with E-state index in [0.29, 0.717) is 16.8 Å². The number of hydrogen-bond acceptors (Lipinski definition) is 5. The van der Waals surface area contributed by atoms with Crippen LogP contribution in [-0.4, -0.2) is 24.8 Å².